The van der Waals surface area contributed by atoms with Crippen molar-refractivity contribution in [2.45, 2.75) is 19.9 Å². The Balaban J connectivity index is 2.08. The molecule has 0 aliphatic rings. The van der Waals surface area contributed by atoms with E-state index in [4.69, 9.17) is 4.42 Å². The van der Waals surface area contributed by atoms with Crippen LogP contribution in [0.5, 0.6) is 0 Å². The average molecular weight is 264 g/mol. The van der Waals surface area contributed by atoms with Crippen molar-refractivity contribution in [2.24, 2.45) is 0 Å². The summed E-state index contributed by atoms with van der Waals surface area (Å²) in [7, 11) is 0. The molecule has 0 bridgehead atoms. The zero-order chi connectivity index (χ0) is 13.8. The number of nitrogens with one attached hydrogen (secondary N) is 1. The predicted molar refractivity (Wildman–Crippen MR) is 68.5 cm³/mol. The summed E-state index contributed by atoms with van der Waals surface area (Å²) in [4.78, 5) is 9.99. The van der Waals surface area contributed by atoms with Crippen molar-refractivity contribution < 1.29 is 13.7 Å². The van der Waals surface area contributed by atoms with Crippen molar-refractivity contribution in [1.29, 1.82) is 0 Å². The van der Waals surface area contributed by atoms with Crippen LogP contribution in [0.4, 0.5) is 15.8 Å². The number of nitrogens with zero attached hydrogens (tertiary/aromatic N) is 1. The Hall–Kier alpha value is -2.37. The Morgan fingerprint density at radius 3 is 2.68 bits per heavy atom. The highest BCUT2D eigenvalue weighted by Gasteiger charge is 2.10. The molecule has 2 aromatic rings. The molecule has 6 heteroatoms. The lowest BCUT2D eigenvalue weighted by Crippen LogP contribution is -2.00. The third-order valence-corrected chi connectivity index (χ3v) is 2.63. The van der Waals surface area contributed by atoms with Crippen LogP contribution in [0.1, 0.15) is 18.4 Å². The number of furan rings is 1. The molecular weight excluding hydrogens is 251 g/mol. The van der Waals surface area contributed by atoms with Crippen LogP contribution in [-0.2, 0) is 13.0 Å². The molecule has 19 heavy (non-hydrogen) atoms. The smallest absolute Gasteiger partial charge is 0.274 e. The number of anilines is 1. The highest BCUT2D eigenvalue weighted by atomic mass is 19.1. The second kappa shape index (κ2) is 5.51. The van der Waals surface area contributed by atoms with E-state index in [0.717, 1.165) is 18.2 Å². The molecule has 0 aliphatic carbocycles. The van der Waals surface area contributed by atoms with E-state index in [0.29, 0.717) is 18.0 Å². The summed E-state index contributed by atoms with van der Waals surface area (Å²) in [5.41, 5.74) is 0.0670. The number of hydrogen-bond donors (Lipinski definition) is 1. The van der Waals surface area contributed by atoms with E-state index in [9.17, 15) is 14.5 Å². The maximum atomic E-state index is 13.2. The highest BCUT2D eigenvalue weighted by Crippen LogP contribution is 2.21. The van der Waals surface area contributed by atoms with E-state index in [1.54, 1.807) is 0 Å². The van der Waals surface area contributed by atoms with Gasteiger partial charge < -0.3 is 9.73 Å². The van der Waals surface area contributed by atoms with Gasteiger partial charge >= 0.3 is 0 Å². The van der Waals surface area contributed by atoms with Gasteiger partial charge in [0.05, 0.1) is 17.5 Å². The van der Waals surface area contributed by atoms with Gasteiger partial charge in [0, 0.05) is 18.2 Å². The van der Waals surface area contributed by atoms with E-state index in [1.165, 1.54) is 12.1 Å². The van der Waals surface area contributed by atoms with E-state index in [1.807, 2.05) is 19.1 Å². The largest absolute Gasteiger partial charge is 0.464 e. The average Bonchev–Trinajstić information content (AvgIpc) is 2.83. The molecule has 0 spiro atoms. The van der Waals surface area contributed by atoms with Crippen molar-refractivity contribution in [3.05, 3.63) is 57.8 Å². The Morgan fingerprint density at radius 2 is 2.05 bits per heavy atom. The normalized spacial score (nSPS) is 10.4. The van der Waals surface area contributed by atoms with E-state index in [-0.39, 0.29) is 5.69 Å². The Labute approximate surface area is 109 Å². The zero-order valence-corrected chi connectivity index (χ0v) is 10.4. The lowest BCUT2D eigenvalue weighted by Gasteiger charge is -2.04. The van der Waals surface area contributed by atoms with Gasteiger partial charge in [-0.25, -0.2) is 4.39 Å². The van der Waals surface area contributed by atoms with Crippen LogP contribution in [0, 0.1) is 15.9 Å². The van der Waals surface area contributed by atoms with Gasteiger partial charge in [0.1, 0.15) is 17.3 Å². The molecule has 100 valence electrons. The zero-order valence-electron chi connectivity index (χ0n) is 10.4. The summed E-state index contributed by atoms with van der Waals surface area (Å²) in [5.74, 6) is 0.913. The van der Waals surface area contributed by atoms with Gasteiger partial charge in [-0.05, 0) is 18.2 Å². The second-order valence-corrected chi connectivity index (χ2v) is 4.03. The number of non-ortho nitro benzene ring substituents is 1. The van der Waals surface area contributed by atoms with E-state index in [2.05, 4.69) is 5.32 Å². The van der Waals surface area contributed by atoms with Crippen LogP contribution in [0.2, 0.25) is 0 Å². The van der Waals surface area contributed by atoms with Crippen molar-refractivity contribution in [3.63, 3.8) is 0 Å². The first-order chi connectivity index (χ1) is 9.08. The van der Waals surface area contributed by atoms with Gasteiger partial charge in [0.25, 0.3) is 5.69 Å². The lowest BCUT2D eigenvalue weighted by atomic mass is 10.2. The van der Waals surface area contributed by atoms with Gasteiger partial charge in [-0.1, -0.05) is 6.92 Å². The van der Waals surface area contributed by atoms with Crippen molar-refractivity contribution >= 4 is 11.4 Å². The second-order valence-electron chi connectivity index (χ2n) is 4.03. The monoisotopic (exact) mass is 264 g/mol. The van der Waals surface area contributed by atoms with Gasteiger partial charge in [0.15, 0.2) is 0 Å². The molecule has 1 N–H and O–H groups in total. The summed E-state index contributed by atoms with van der Waals surface area (Å²) in [6, 6.07) is 7.06. The van der Waals surface area contributed by atoms with Crippen LogP contribution >= 0.6 is 0 Å². The van der Waals surface area contributed by atoms with Crippen LogP contribution in [0.3, 0.4) is 0 Å². The summed E-state index contributed by atoms with van der Waals surface area (Å²) in [6.07, 6.45) is 0.797. The fraction of sp³-hybridized carbons (Fsp3) is 0.231. The third kappa shape index (κ3) is 3.31. The Morgan fingerprint density at radius 1 is 1.32 bits per heavy atom. The van der Waals surface area contributed by atoms with E-state index >= 15 is 0 Å². The van der Waals surface area contributed by atoms with Crippen molar-refractivity contribution in [1.82, 2.24) is 0 Å². The molecular formula is C13H13FN2O3. The van der Waals surface area contributed by atoms with Crippen LogP contribution < -0.4 is 5.32 Å². The molecule has 1 aromatic heterocycles. The van der Waals surface area contributed by atoms with E-state index < -0.39 is 10.7 Å². The van der Waals surface area contributed by atoms with Crippen LogP contribution in [0.15, 0.2) is 34.7 Å². The first-order valence-corrected chi connectivity index (χ1v) is 5.85. The standard InChI is InChI=1S/C13H13FN2O3/c1-2-12-3-4-13(19-12)8-15-10-5-9(14)6-11(7-10)16(17)18/h3-7,15H,2,8H2,1H3. The SMILES string of the molecule is CCc1ccc(CNc2cc(F)cc([N+](=O)[O-])c2)o1. The molecule has 0 saturated heterocycles. The van der Waals surface area contributed by atoms with Gasteiger partial charge in [-0.3, -0.25) is 10.1 Å². The minimum absolute atomic E-state index is 0.281. The van der Waals surface area contributed by atoms with Gasteiger partial charge in [-0.15, -0.1) is 0 Å². The number of hydrogen-bond acceptors (Lipinski definition) is 4. The topological polar surface area (TPSA) is 68.3 Å². The summed E-state index contributed by atoms with van der Waals surface area (Å²) >= 11 is 0. The molecule has 1 heterocycles. The minimum Gasteiger partial charge on any atom is -0.464 e. The molecule has 0 amide bonds. The highest BCUT2D eigenvalue weighted by molar-refractivity contribution is 5.51. The number of halogens is 1. The molecule has 5 nitrogen and oxygen atoms in total. The number of nitro groups is 1. The predicted octanol–water partition coefficient (Wildman–Crippen LogP) is 3.50. The first kappa shape index (κ1) is 13.1. The first-order valence-electron chi connectivity index (χ1n) is 5.85. The van der Waals surface area contributed by atoms with Gasteiger partial charge in [-0.2, -0.15) is 0 Å². The molecule has 0 radical (unpaired) electrons. The maximum Gasteiger partial charge on any atom is 0.274 e. The summed E-state index contributed by atoms with van der Waals surface area (Å²) < 4.78 is 18.7. The number of benzene rings is 1. The fourth-order valence-electron chi connectivity index (χ4n) is 1.68. The lowest BCUT2D eigenvalue weighted by molar-refractivity contribution is -0.385. The van der Waals surface area contributed by atoms with Crippen LogP contribution in [0.25, 0.3) is 0 Å². The third-order valence-electron chi connectivity index (χ3n) is 2.63. The van der Waals surface area contributed by atoms with Gasteiger partial charge in [0.2, 0.25) is 0 Å². The number of nitro benzene ring substituents is 1. The molecule has 0 fully saturated rings. The molecule has 0 saturated carbocycles. The molecule has 0 aliphatic heterocycles. The fourth-order valence-corrected chi connectivity index (χ4v) is 1.68. The number of rotatable bonds is 5. The Kier molecular flexibility index (Phi) is 3.79. The molecule has 0 atom stereocenters. The van der Waals surface area contributed by atoms with Crippen molar-refractivity contribution in [2.75, 3.05) is 5.32 Å². The molecule has 0 unspecified atom stereocenters. The number of aryl methyl sites for hydroxylation is 1. The van der Waals surface area contributed by atoms with Crippen LogP contribution in [-0.4, -0.2) is 4.92 Å². The molecule has 1 aromatic carbocycles. The Bertz CT molecular complexity index is 595. The minimum atomic E-state index is -0.648. The summed E-state index contributed by atoms with van der Waals surface area (Å²) in [5, 5.41) is 13.5. The maximum absolute atomic E-state index is 13.2. The summed E-state index contributed by atoms with van der Waals surface area (Å²) in [6.45, 7) is 2.33. The van der Waals surface area contributed by atoms with Crippen molar-refractivity contribution in [3.8, 4) is 0 Å². The molecule has 2 rings (SSSR count). The quantitative estimate of drug-likeness (QED) is 0.662.